The molecule has 3 N–H and O–H groups in total. The van der Waals surface area contributed by atoms with Crippen molar-refractivity contribution in [1.82, 2.24) is 10.2 Å². The quantitative estimate of drug-likeness (QED) is 0.763. The molecule has 21 heavy (non-hydrogen) atoms. The van der Waals surface area contributed by atoms with E-state index in [2.05, 4.69) is 34.5 Å². The second kappa shape index (κ2) is 8.80. The smallest absolute Gasteiger partial charge is 0.234 e. The van der Waals surface area contributed by atoms with Gasteiger partial charge in [-0.2, -0.15) is 0 Å². The van der Waals surface area contributed by atoms with Gasteiger partial charge in [0.1, 0.15) is 0 Å². The Morgan fingerprint density at radius 1 is 1.19 bits per heavy atom. The van der Waals surface area contributed by atoms with Crippen LogP contribution in [0.2, 0.25) is 0 Å². The number of rotatable bonds is 8. The molecule has 1 amide bonds. The molecule has 2 rings (SSSR count). The molecular weight excluding hydrogens is 262 g/mol. The summed E-state index contributed by atoms with van der Waals surface area (Å²) in [4.78, 5) is 14.3. The van der Waals surface area contributed by atoms with Crippen molar-refractivity contribution in [2.45, 2.75) is 38.1 Å². The number of nitrogens with two attached hydrogens (primary N) is 1. The second-order valence-corrected chi connectivity index (χ2v) is 5.85. The topological polar surface area (TPSA) is 58.4 Å². The normalized spacial score (nSPS) is 15.5. The van der Waals surface area contributed by atoms with Gasteiger partial charge in [0.15, 0.2) is 0 Å². The Bertz CT molecular complexity index is 415. The lowest BCUT2D eigenvalue weighted by molar-refractivity contribution is -0.122. The minimum absolute atomic E-state index is 0.142. The highest BCUT2D eigenvalue weighted by molar-refractivity contribution is 5.78. The van der Waals surface area contributed by atoms with Gasteiger partial charge in [-0.3, -0.25) is 9.69 Å². The highest BCUT2D eigenvalue weighted by Crippen LogP contribution is 2.17. The van der Waals surface area contributed by atoms with Gasteiger partial charge in [0.2, 0.25) is 5.91 Å². The van der Waals surface area contributed by atoms with Gasteiger partial charge in [-0.05, 0) is 24.8 Å². The summed E-state index contributed by atoms with van der Waals surface area (Å²) in [5.41, 5.74) is 6.97. The van der Waals surface area contributed by atoms with Crippen LogP contribution in [-0.2, 0) is 11.2 Å². The van der Waals surface area contributed by atoms with Crippen LogP contribution in [0.1, 0.15) is 31.2 Å². The molecule has 116 valence electrons. The van der Waals surface area contributed by atoms with E-state index in [4.69, 9.17) is 5.73 Å². The third kappa shape index (κ3) is 5.86. The summed E-state index contributed by atoms with van der Waals surface area (Å²) in [6.45, 7) is 2.69. The second-order valence-electron chi connectivity index (χ2n) is 5.85. The summed E-state index contributed by atoms with van der Waals surface area (Å²) in [7, 11) is 0. The van der Waals surface area contributed by atoms with E-state index >= 15 is 0 Å². The zero-order valence-electron chi connectivity index (χ0n) is 12.8. The largest absolute Gasteiger partial charge is 0.352 e. The molecule has 1 fully saturated rings. The Morgan fingerprint density at radius 2 is 1.90 bits per heavy atom. The van der Waals surface area contributed by atoms with E-state index in [1.54, 1.807) is 0 Å². The van der Waals surface area contributed by atoms with E-state index in [0.29, 0.717) is 19.1 Å². The van der Waals surface area contributed by atoms with Gasteiger partial charge in [-0.15, -0.1) is 0 Å². The molecule has 0 bridgehead atoms. The molecule has 0 spiro atoms. The van der Waals surface area contributed by atoms with Crippen LogP contribution >= 0.6 is 0 Å². The zero-order chi connectivity index (χ0) is 14.9. The van der Waals surface area contributed by atoms with Crippen LogP contribution in [0, 0.1) is 0 Å². The first-order valence-corrected chi connectivity index (χ1v) is 8.03. The van der Waals surface area contributed by atoms with E-state index in [1.807, 2.05) is 6.07 Å². The Labute approximate surface area is 127 Å². The van der Waals surface area contributed by atoms with Crippen molar-refractivity contribution in [3.05, 3.63) is 35.9 Å². The van der Waals surface area contributed by atoms with Crippen LogP contribution in [0.15, 0.2) is 30.3 Å². The Morgan fingerprint density at radius 3 is 2.57 bits per heavy atom. The van der Waals surface area contributed by atoms with E-state index in [9.17, 15) is 4.79 Å². The minimum Gasteiger partial charge on any atom is -0.352 e. The van der Waals surface area contributed by atoms with Gasteiger partial charge in [0, 0.05) is 25.7 Å². The fourth-order valence-electron chi connectivity index (χ4n) is 2.93. The number of hydrogen-bond donors (Lipinski definition) is 2. The molecule has 0 saturated heterocycles. The maximum Gasteiger partial charge on any atom is 0.234 e. The summed E-state index contributed by atoms with van der Waals surface area (Å²) in [5, 5.41) is 3.14. The van der Waals surface area contributed by atoms with Crippen molar-refractivity contribution in [3.63, 3.8) is 0 Å². The highest BCUT2D eigenvalue weighted by Gasteiger charge is 2.18. The number of carbonyl (C=O) groups is 1. The van der Waals surface area contributed by atoms with Gasteiger partial charge in [-0.25, -0.2) is 0 Å². The van der Waals surface area contributed by atoms with Crippen molar-refractivity contribution < 1.29 is 4.79 Å². The standard InChI is InChI=1S/C17H27N3O/c18-11-13-20(12-10-15-6-2-1-3-7-15)14-17(21)19-16-8-4-5-9-16/h1-3,6-7,16H,4-5,8-14,18H2,(H,19,21). The van der Waals surface area contributed by atoms with Gasteiger partial charge < -0.3 is 11.1 Å². The van der Waals surface area contributed by atoms with Crippen LogP contribution in [0.25, 0.3) is 0 Å². The van der Waals surface area contributed by atoms with Gasteiger partial charge in [-0.1, -0.05) is 43.2 Å². The fraction of sp³-hybridized carbons (Fsp3) is 0.588. The van der Waals surface area contributed by atoms with Crippen LogP contribution < -0.4 is 11.1 Å². The minimum atomic E-state index is 0.142. The van der Waals surface area contributed by atoms with Gasteiger partial charge in [0.25, 0.3) is 0 Å². The SMILES string of the molecule is NCCN(CCc1ccccc1)CC(=O)NC1CCCC1. The summed E-state index contributed by atoms with van der Waals surface area (Å²) in [6, 6.07) is 10.8. The van der Waals surface area contributed by atoms with Gasteiger partial charge in [0.05, 0.1) is 6.54 Å². The zero-order valence-corrected chi connectivity index (χ0v) is 12.8. The fourth-order valence-corrected chi connectivity index (χ4v) is 2.93. The molecule has 0 aromatic heterocycles. The van der Waals surface area contributed by atoms with Crippen LogP contribution in [-0.4, -0.2) is 43.0 Å². The molecule has 0 aliphatic heterocycles. The predicted molar refractivity (Wildman–Crippen MR) is 86.0 cm³/mol. The Balaban J connectivity index is 1.76. The molecule has 1 saturated carbocycles. The summed E-state index contributed by atoms with van der Waals surface area (Å²) in [5.74, 6) is 0.142. The number of carbonyl (C=O) groups excluding carboxylic acids is 1. The lowest BCUT2D eigenvalue weighted by atomic mass is 10.1. The molecule has 1 aliphatic rings. The predicted octanol–water partition coefficient (Wildman–Crippen LogP) is 1.55. The first kappa shape index (κ1) is 16.0. The monoisotopic (exact) mass is 289 g/mol. The first-order valence-electron chi connectivity index (χ1n) is 8.03. The molecule has 4 heteroatoms. The van der Waals surface area contributed by atoms with E-state index in [0.717, 1.165) is 32.4 Å². The number of hydrogen-bond acceptors (Lipinski definition) is 3. The van der Waals surface area contributed by atoms with E-state index in [1.165, 1.54) is 18.4 Å². The third-order valence-corrected chi connectivity index (χ3v) is 4.09. The Kier molecular flexibility index (Phi) is 6.70. The average Bonchev–Trinajstić information content (AvgIpc) is 2.99. The first-order chi connectivity index (χ1) is 10.3. The molecule has 1 aromatic rings. The summed E-state index contributed by atoms with van der Waals surface area (Å²) < 4.78 is 0. The van der Waals surface area contributed by atoms with E-state index < -0.39 is 0 Å². The molecule has 4 nitrogen and oxygen atoms in total. The molecule has 0 heterocycles. The summed E-state index contributed by atoms with van der Waals surface area (Å²) >= 11 is 0. The molecule has 0 radical (unpaired) electrons. The number of amides is 1. The molecule has 1 aromatic carbocycles. The van der Waals surface area contributed by atoms with Gasteiger partial charge >= 0.3 is 0 Å². The lowest BCUT2D eigenvalue weighted by Crippen LogP contribution is -2.43. The number of nitrogens with zero attached hydrogens (tertiary/aromatic N) is 1. The molecule has 1 aliphatic carbocycles. The Hall–Kier alpha value is -1.39. The van der Waals surface area contributed by atoms with Crippen molar-refractivity contribution in [2.24, 2.45) is 5.73 Å². The third-order valence-electron chi connectivity index (χ3n) is 4.09. The molecular formula is C17H27N3O. The maximum atomic E-state index is 12.1. The van der Waals surface area contributed by atoms with Crippen LogP contribution in [0.4, 0.5) is 0 Å². The van der Waals surface area contributed by atoms with Crippen molar-refractivity contribution in [1.29, 1.82) is 0 Å². The summed E-state index contributed by atoms with van der Waals surface area (Å²) in [6.07, 6.45) is 5.70. The van der Waals surface area contributed by atoms with E-state index in [-0.39, 0.29) is 5.91 Å². The molecule has 0 unspecified atom stereocenters. The number of benzene rings is 1. The average molecular weight is 289 g/mol. The van der Waals surface area contributed by atoms with Crippen LogP contribution in [0.3, 0.4) is 0 Å². The van der Waals surface area contributed by atoms with Crippen LogP contribution in [0.5, 0.6) is 0 Å². The number of nitrogens with one attached hydrogen (secondary N) is 1. The maximum absolute atomic E-state index is 12.1. The molecule has 0 atom stereocenters. The van der Waals surface area contributed by atoms with Crippen molar-refractivity contribution >= 4 is 5.91 Å². The lowest BCUT2D eigenvalue weighted by Gasteiger charge is -2.22. The highest BCUT2D eigenvalue weighted by atomic mass is 16.2. The van der Waals surface area contributed by atoms with Crippen molar-refractivity contribution in [2.75, 3.05) is 26.2 Å². The van der Waals surface area contributed by atoms with Crippen molar-refractivity contribution in [3.8, 4) is 0 Å².